The van der Waals surface area contributed by atoms with Crippen molar-refractivity contribution in [1.82, 2.24) is 20.0 Å². The molecule has 0 saturated heterocycles. The monoisotopic (exact) mass is 414 g/mol. The average Bonchev–Trinajstić information content (AvgIpc) is 3.28. The Morgan fingerprint density at radius 1 is 1.23 bits per heavy atom. The second kappa shape index (κ2) is 7.55. The van der Waals surface area contributed by atoms with Gasteiger partial charge in [-0.25, -0.2) is 4.79 Å². The largest absolute Gasteiger partial charge is 0.454 e. The van der Waals surface area contributed by atoms with E-state index in [1.165, 1.54) is 0 Å². The number of amides is 2. The molecule has 9 heteroatoms. The molecule has 0 radical (unpaired) electrons. The molecule has 0 spiro atoms. The highest BCUT2D eigenvalue weighted by atomic mass is 16.7. The summed E-state index contributed by atoms with van der Waals surface area (Å²) in [6.45, 7) is 6.86. The number of hydrogen-bond donors (Lipinski definition) is 1. The van der Waals surface area contributed by atoms with E-state index >= 15 is 0 Å². The summed E-state index contributed by atoms with van der Waals surface area (Å²) in [7, 11) is 1.82. The van der Waals surface area contributed by atoms with Gasteiger partial charge in [0, 0.05) is 37.8 Å². The molecule has 30 heavy (non-hydrogen) atoms. The molecule has 9 nitrogen and oxygen atoms in total. The third-order valence-electron chi connectivity index (χ3n) is 5.00. The fraction of sp³-hybridized carbons (Fsp3) is 0.476. The van der Waals surface area contributed by atoms with Crippen LogP contribution in [-0.4, -0.2) is 45.6 Å². The van der Waals surface area contributed by atoms with Crippen LogP contribution < -0.4 is 14.8 Å². The highest BCUT2D eigenvalue weighted by molar-refractivity contribution is 5.94. The number of ether oxygens (including phenoxy) is 3. The molecule has 3 heterocycles. The zero-order valence-electron chi connectivity index (χ0n) is 17.7. The third-order valence-corrected chi connectivity index (χ3v) is 5.00. The topological polar surface area (TPSA) is 94.9 Å². The van der Waals surface area contributed by atoms with Crippen LogP contribution in [0.15, 0.2) is 18.2 Å². The molecular formula is C21H26N4O5. The molecule has 160 valence electrons. The lowest BCUT2D eigenvalue weighted by molar-refractivity contribution is 0.0221. The number of nitrogens with zero attached hydrogens (tertiary/aromatic N) is 3. The second-order valence-electron chi connectivity index (χ2n) is 8.42. The molecule has 2 aliphatic heterocycles. The molecule has 1 aromatic heterocycles. The van der Waals surface area contributed by atoms with Crippen LogP contribution in [0.5, 0.6) is 11.5 Å². The lowest BCUT2D eigenvalue weighted by atomic mass is 10.0. The average molecular weight is 414 g/mol. The Kier molecular flexibility index (Phi) is 5.05. The summed E-state index contributed by atoms with van der Waals surface area (Å²) >= 11 is 0. The van der Waals surface area contributed by atoms with E-state index in [1.807, 2.05) is 46.0 Å². The van der Waals surface area contributed by atoms with Crippen LogP contribution in [0, 0.1) is 0 Å². The normalized spacial score (nSPS) is 15.0. The number of benzene rings is 1. The van der Waals surface area contributed by atoms with Crippen molar-refractivity contribution in [3.63, 3.8) is 0 Å². The Bertz CT molecular complexity index is 992. The fourth-order valence-electron chi connectivity index (χ4n) is 3.57. The summed E-state index contributed by atoms with van der Waals surface area (Å²) in [4.78, 5) is 26.9. The molecule has 1 N–H and O–H groups in total. The van der Waals surface area contributed by atoms with E-state index in [2.05, 4.69) is 10.4 Å². The molecule has 0 bridgehead atoms. The fourth-order valence-corrected chi connectivity index (χ4v) is 3.57. The van der Waals surface area contributed by atoms with Crippen molar-refractivity contribution in [2.45, 2.75) is 45.9 Å². The number of rotatable bonds is 3. The second-order valence-corrected chi connectivity index (χ2v) is 8.42. The number of fused-ring (bicyclic) bond motifs is 2. The number of aromatic nitrogens is 2. The molecule has 0 fully saturated rings. The first-order chi connectivity index (χ1) is 14.2. The first-order valence-corrected chi connectivity index (χ1v) is 9.90. The van der Waals surface area contributed by atoms with Gasteiger partial charge in [-0.15, -0.1) is 0 Å². The summed E-state index contributed by atoms with van der Waals surface area (Å²) in [5.41, 5.74) is 2.38. The lowest BCUT2D eigenvalue weighted by Crippen LogP contribution is -2.40. The van der Waals surface area contributed by atoms with E-state index in [-0.39, 0.29) is 18.8 Å². The molecule has 2 amide bonds. The summed E-state index contributed by atoms with van der Waals surface area (Å²) in [6.07, 6.45) is 0.233. The van der Waals surface area contributed by atoms with E-state index in [4.69, 9.17) is 14.2 Å². The Labute approximate surface area is 174 Å². The van der Waals surface area contributed by atoms with Gasteiger partial charge in [-0.3, -0.25) is 9.48 Å². The van der Waals surface area contributed by atoms with E-state index in [0.717, 1.165) is 16.8 Å². The number of aryl methyl sites for hydroxylation is 1. The zero-order chi connectivity index (χ0) is 21.5. The van der Waals surface area contributed by atoms with Crippen LogP contribution in [0.4, 0.5) is 4.79 Å². The van der Waals surface area contributed by atoms with Crippen molar-refractivity contribution < 1.29 is 23.8 Å². The maximum atomic E-state index is 12.9. The Morgan fingerprint density at radius 2 is 2.00 bits per heavy atom. The van der Waals surface area contributed by atoms with Gasteiger partial charge in [0.1, 0.15) is 5.60 Å². The molecule has 0 saturated carbocycles. The maximum absolute atomic E-state index is 12.9. The summed E-state index contributed by atoms with van der Waals surface area (Å²) < 4.78 is 17.9. The van der Waals surface area contributed by atoms with Gasteiger partial charge < -0.3 is 24.4 Å². The van der Waals surface area contributed by atoms with Crippen LogP contribution in [0.25, 0.3) is 0 Å². The number of nitrogens with one attached hydrogen (secondary N) is 1. The van der Waals surface area contributed by atoms with Crippen LogP contribution in [0.3, 0.4) is 0 Å². The van der Waals surface area contributed by atoms with E-state index in [1.54, 1.807) is 9.58 Å². The minimum atomic E-state index is -0.572. The van der Waals surface area contributed by atoms with Gasteiger partial charge in [-0.1, -0.05) is 6.07 Å². The zero-order valence-corrected chi connectivity index (χ0v) is 17.7. The SMILES string of the molecule is Cn1nc(C(=O)NCc2ccc3c(c2)OCO3)c2c1CCN(C(=O)OC(C)(C)C)C2. The van der Waals surface area contributed by atoms with Crippen molar-refractivity contribution >= 4 is 12.0 Å². The molecule has 0 aliphatic carbocycles. The van der Waals surface area contributed by atoms with Crippen molar-refractivity contribution in [2.75, 3.05) is 13.3 Å². The standard InChI is InChI=1S/C21H26N4O5/c1-21(2,3)30-20(27)25-8-7-15-14(11-25)18(23-24(15)4)19(26)22-10-13-5-6-16-17(9-13)29-12-28-16/h5-6,9H,7-8,10-12H2,1-4H3,(H,22,26). The van der Waals surface area contributed by atoms with E-state index < -0.39 is 5.60 Å². The van der Waals surface area contributed by atoms with Crippen LogP contribution in [0.2, 0.25) is 0 Å². The third kappa shape index (κ3) is 4.05. The Balaban J connectivity index is 1.46. The van der Waals surface area contributed by atoms with Gasteiger partial charge in [0.15, 0.2) is 17.2 Å². The summed E-state index contributed by atoms with van der Waals surface area (Å²) in [5, 5.41) is 7.32. The number of hydrogen-bond acceptors (Lipinski definition) is 6. The number of carbonyl (C=O) groups is 2. The van der Waals surface area contributed by atoms with Gasteiger partial charge >= 0.3 is 6.09 Å². The first kappa shape index (κ1) is 20.1. The summed E-state index contributed by atoms with van der Waals surface area (Å²) in [6, 6.07) is 5.55. The summed E-state index contributed by atoms with van der Waals surface area (Å²) in [5.74, 6) is 1.09. The molecular weight excluding hydrogens is 388 g/mol. The molecule has 4 rings (SSSR count). The van der Waals surface area contributed by atoms with E-state index in [9.17, 15) is 9.59 Å². The van der Waals surface area contributed by atoms with Crippen molar-refractivity contribution in [2.24, 2.45) is 7.05 Å². The molecule has 1 aromatic carbocycles. The Hall–Kier alpha value is -3.23. The highest BCUT2D eigenvalue weighted by Crippen LogP contribution is 2.32. The predicted octanol–water partition coefficient (Wildman–Crippen LogP) is 2.37. The maximum Gasteiger partial charge on any atom is 0.410 e. The smallest absolute Gasteiger partial charge is 0.410 e. The molecule has 0 unspecified atom stereocenters. The quantitative estimate of drug-likeness (QED) is 0.829. The van der Waals surface area contributed by atoms with Crippen LogP contribution in [-0.2, 0) is 31.3 Å². The Morgan fingerprint density at radius 3 is 2.77 bits per heavy atom. The molecule has 2 aromatic rings. The lowest BCUT2D eigenvalue weighted by Gasteiger charge is -2.30. The van der Waals surface area contributed by atoms with Gasteiger partial charge in [-0.05, 0) is 38.5 Å². The minimum Gasteiger partial charge on any atom is -0.454 e. The number of carbonyl (C=O) groups excluding carboxylic acids is 2. The van der Waals surface area contributed by atoms with Gasteiger partial charge in [0.2, 0.25) is 6.79 Å². The van der Waals surface area contributed by atoms with Crippen LogP contribution >= 0.6 is 0 Å². The van der Waals surface area contributed by atoms with Gasteiger partial charge in [0.05, 0.1) is 6.54 Å². The van der Waals surface area contributed by atoms with Crippen molar-refractivity contribution in [1.29, 1.82) is 0 Å². The molecule has 0 atom stereocenters. The first-order valence-electron chi connectivity index (χ1n) is 9.90. The molecule has 2 aliphatic rings. The van der Waals surface area contributed by atoms with E-state index in [0.29, 0.717) is 43.2 Å². The van der Waals surface area contributed by atoms with Gasteiger partial charge in [0.25, 0.3) is 5.91 Å². The van der Waals surface area contributed by atoms with Crippen molar-refractivity contribution in [3.8, 4) is 11.5 Å². The van der Waals surface area contributed by atoms with Crippen molar-refractivity contribution in [3.05, 3.63) is 40.7 Å². The van der Waals surface area contributed by atoms with Gasteiger partial charge in [-0.2, -0.15) is 5.10 Å². The minimum absolute atomic E-state index is 0.208. The van der Waals surface area contributed by atoms with Crippen LogP contribution in [0.1, 0.15) is 48.1 Å². The predicted molar refractivity (Wildman–Crippen MR) is 107 cm³/mol. The highest BCUT2D eigenvalue weighted by Gasteiger charge is 2.31.